The van der Waals surface area contributed by atoms with E-state index in [1.807, 2.05) is 0 Å². The Labute approximate surface area is 103 Å². The Balaban J connectivity index is 2.68. The van der Waals surface area contributed by atoms with E-state index in [2.05, 4.69) is 5.16 Å². The Hall–Kier alpha value is -1.88. The van der Waals surface area contributed by atoms with E-state index < -0.39 is 0 Å². The van der Waals surface area contributed by atoms with Crippen LogP contribution in [0.15, 0.2) is 22.7 Å². The summed E-state index contributed by atoms with van der Waals surface area (Å²) < 4.78 is 15.6. The van der Waals surface area contributed by atoms with Crippen molar-refractivity contribution in [1.82, 2.24) is 5.16 Å². The second-order valence-corrected chi connectivity index (χ2v) is 3.63. The SMILES string of the molecule is COc1cccc(OC)c1-c1onc(N)c1Cl. The molecule has 0 aliphatic heterocycles. The molecule has 0 atom stereocenters. The van der Waals surface area contributed by atoms with Gasteiger partial charge in [0.15, 0.2) is 11.6 Å². The summed E-state index contributed by atoms with van der Waals surface area (Å²) in [5, 5.41) is 3.85. The number of anilines is 1. The van der Waals surface area contributed by atoms with Gasteiger partial charge in [-0.1, -0.05) is 22.8 Å². The molecule has 5 nitrogen and oxygen atoms in total. The van der Waals surface area contributed by atoms with Crippen molar-refractivity contribution < 1.29 is 14.0 Å². The fourth-order valence-electron chi connectivity index (χ4n) is 1.52. The van der Waals surface area contributed by atoms with Crippen LogP contribution in [0.5, 0.6) is 11.5 Å². The van der Waals surface area contributed by atoms with E-state index in [0.717, 1.165) is 0 Å². The summed E-state index contributed by atoms with van der Waals surface area (Å²) >= 11 is 6.01. The molecule has 2 rings (SSSR count). The monoisotopic (exact) mass is 254 g/mol. The van der Waals surface area contributed by atoms with Crippen molar-refractivity contribution in [2.24, 2.45) is 0 Å². The molecule has 0 unspecified atom stereocenters. The van der Waals surface area contributed by atoms with Crippen molar-refractivity contribution >= 4 is 17.4 Å². The minimum atomic E-state index is 0.134. The molecule has 0 bridgehead atoms. The third-order valence-corrected chi connectivity index (χ3v) is 2.68. The number of hydrogen-bond acceptors (Lipinski definition) is 5. The van der Waals surface area contributed by atoms with Crippen LogP contribution in [0.2, 0.25) is 5.02 Å². The van der Waals surface area contributed by atoms with Crippen LogP contribution >= 0.6 is 11.6 Å². The molecule has 1 heterocycles. The normalized spacial score (nSPS) is 10.3. The molecule has 0 spiro atoms. The summed E-state index contributed by atoms with van der Waals surface area (Å²) in [5.41, 5.74) is 6.13. The molecule has 1 aromatic heterocycles. The first-order chi connectivity index (χ1) is 8.19. The van der Waals surface area contributed by atoms with Gasteiger partial charge in [0.2, 0.25) is 0 Å². The second kappa shape index (κ2) is 4.55. The summed E-state index contributed by atoms with van der Waals surface area (Å²) in [7, 11) is 3.10. The fourth-order valence-corrected chi connectivity index (χ4v) is 1.69. The predicted molar refractivity (Wildman–Crippen MR) is 64.5 cm³/mol. The lowest BCUT2D eigenvalue weighted by atomic mass is 10.1. The zero-order chi connectivity index (χ0) is 12.4. The van der Waals surface area contributed by atoms with E-state index in [0.29, 0.717) is 22.8 Å². The van der Waals surface area contributed by atoms with Crippen molar-refractivity contribution in [3.05, 3.63) is 23.2 Å². The van der Waals surface area contributed by atoms with Gasteiger partial charge in [-0.25, -0.2) is 0 Å². The summed E-state index contributed by atoms with van der Waals surface area (Å²) in [5.74, 6) is 1.61. The van der Waals surface area contributed by atoms with Crippen LogP contribution in [0.3, 0.4) is 0 Å². The van der Waals surface area contributed by atoms with Crippen molar-refractivity contribution in [3.8, 4) is 22.8 Å². The number of halogens is 1. The maximum atomic E-state index is 6.01. The smallest absolute Gasteiger partial charge is 0.195 e. The van der Waals surface area contributed by atoms with Crippen LogP contribution in [0.1, 0.15) is 0 Å². The summed E-state index contributed by atoms with van der Waals surface area (Å²) in [6.45, 7) is 0. The molecule has 17 heavy (non-hydrogen) atoms. The zero-order valence-corrected chi connectivity index (χ0v) is 10.1. The highest BCUT2D eigenvalue weighted by molar-refractivity contribution is 6.35. The van der Waals surface area contributed by atoms with Gasteiger partial charge in [-0.15, -0.1) is 0 Å². The molecule has 2 aromatic rings. The number of nitrogens with zero attached hydrogens (tertiary/aromatic N) is 1. The van der Waals surface area contributed by atoms with Gasteiger partial charge >= 0.3 is 0 Å². The van der Waals surface area contributed by atoms with Gasteiger partial charge in [-0.05, 0) is 12.1 Å². The molecular weight excluding hydrogens is 244 g/mol. The van der Waals surface area contributed by atoms with Gasteiger partial charge in [-0.3, -0.25) is 0 Å². The summed E-state index contributed by atoms with van der Waals surface area (Å²) in [6.07, 6.45) is 0. The van der Waals surface area contributed by atoms with Crippen LogP contribution < -0.4 is 15.2 Å². The Morgan fingerprint density at radius 1 is 1.24 bits per heavy atom. The first-order valence-electron chi connectivity index (χ1n) is 4.81. The third kappa shape index (κ3) is 1.89. The van der Waals surface area contributed by atoms with Crippen LogP contribution in [-0.2, 0) is 0 Å². The summed E-state index contributed by atoms with van der Waals surface area (Å²) in [4.78, 5) is 0. The largest absolute Gasteiger partial charge is 0.496 e. The van der Waals surface area contributed by atoms with Crippen LogP contribution in [-0.4, -0.2) is 19.4 Å². The standard InChI is InChI=1S/C11H11ClN2O3/c1-15-6-4-3-5-7(16-2)8(6)10-9(12)11(13)14-17-10/h3-5H,1-2H3,(H2,13,14). The summed E-state index contributed by atoms with van der Waals surface area (Å²) in [6, 6.07) is 5.34. The van der Waals surface area contributed by atoms with E-state index in [9.17, 15) is 0 Å². The van der Waals surface area contributed by atoms with Crippen molar-refractivity contribution in [3.63, 3.8) is 0 Å². The average Bonchev–Trinajstić information content (AvgIpc) is 2.69. The lowest BCUT2D eigenvalue weighted by Crippen LogP contribution is -1.92. The Morgan fingerprint density at radius 2 is 1.82 bits per heavy atom. The first-order valence-corrected chi connectivity index (χ1v) is 5.18. The number of nitrogens with two attached hydrogens (primary N) is 1. The highest BCUT2D eigenvalue weighted by Crippen LogP contribution is 2.43. The number of aromatic nitrogens is 1. The molecule has 0 aliphatic carbocycles. The number of methoxy groups -OCH3 is 2. The van der Waals surface area contributed by atoms with Crippen molar-refractivity contribution in [2.45, 2.75) is 0 Å². The van der Waals surface area contributed by atoms with E-state index in [4.69, 9.17) is 31.3 Å². The van der Waals surface area contributed by atoms with Crippen molar-refractivity contribution in [2.75, 3.05) is 20.0 Å². The molecule has 0 radical (unpaired) electrons. The van der Waals surface area contributed by atoms with Gasteiger partial charge in [0.25, 0.3) is 0 Å². The maximum Gasteiger partial charge on any atom is 0.195 e. The molecule has 6 heteroatoms. The molecular formula is C11H11ClN2O3. The molecule has 0 saturated carbocycles. The van der Waals surface area contributed by atoms with Crippen LogP contribution in [0.4, 0.5) is 5.82 Å². The van der Waals surface area contributed by atoms with E-state index in [-0.39, 0.29) is 10.8 Å². The van der Waals surface area contributed by atoms with E-state index in [1.165, 1.54) is 0 Å². The highest BCUT2D eigenvalue weighted by Gasteiger charge is 2.21. The quantitative estimate of drug-likeness (QED) is 0.912. The van der Waals surface area contributed by atoms with Crippen molar-refractivity contribution in [1.29, 1.82) is 0 Å². The molecule has 0 saturated heterocycles. The van der Waals surface area contributed by atoms with Gasteiger partial charge < -0.3 is 19.7 Å². The lowest BCUT2D eigenvalue weighted by Gasteiger charge is -2.10. The van der Waals surface area contributed by atoms with Gasteiger partial charge in [0.05, 0.1) is 14.2 Å². The minimum Gasteiger partial charge on any atom is -0.496 e. The Morgan fingerprint density at radius 3 is 2.24 bits per heavy atom. The molecule has 2 N–H and O–H groups in total. The van der Waals surface area contributed by atoms with Gasteiger partial charge in [0, 0.05) is 0 Å². The molecule has 90 valence electrons. The van der Waals surface area contributed by atoms with Gasteiger partial charge in [0.1, 0.15) is 22.1 Å². The predicted octanol–water partition coefficient (Wildman–Crippen LogP) is 2.59. The number of ether oxygens (including phenoxy) is 2. The molecule has 0 aliphatic rings. The zero-order valence-electron chi connectivity index (χ0n) is 9.36. The number of hydrogen-bond donors (Lipinski definition) is 1. The lowest BCUT2D eigenvalue weighted by molar-refractivity contribution is 0.387. The fraction of sp³-hybridized carbons (Fsp3) is 0.182. The Kier molecular flexibility index (Phi) is 3.10. The topological polar surface area (TPSA) is 70.5 Å². The van der Waals surface area contributed by atoms with E-state index >= 15 is 0 Å². The van der Waals surface area contributed by atoms with Crippen LogP contribution in [0, 0.1) is 0 Å². The van der Waals surface area contributed by atoms with Gasteiger partial charge in [-0.2, -0.15) is 0 Å². The number of benzene rings is 1. The molecule has 0 amide bonds. The molecule has 0 fully saturated rings. The minimum absolute atomic E-state index is 0.134. The first kappa shape index (κ1) is 11.6. The maximum absolute atomic E-state index is 6.01. The van der Waals surface area contributed by atoms with E-state index in [1.54, 1.807) is 32.4 Å². The number of nitrogen functional groups attached to an aromatic ring is 1. The number of rotatable bonds is 3. The highest BCUT2D eigenvalue weighted by atomic mass is 35.5. The van der Waals surface area contributed by atoms with Crippen LogP contribution in [0.25, 0.3) is 11.3 Å². The second-order valence-electron chi connectivity index (χ2n) is 3.25. The molecule has 1 aromatic carbocycles. The Bertz CT molecular complexity index is 517. The third-order valence-electron chi connectivity index (χ3n) is 2.31. The average molecular weight is 255 g/mol.